The van der Waals surface area contributed by atoms with Gasteiger partial charge in [0.25, 0.3) is 0 Å². The van der Waals surface area contributed by atoms with Crippen LogP contribution in [0.25, 0.3) is 21.8 Å². The summed E-state index contributed by atoms with van der Waals surface area (Å²) in [5, 5.41) is 2.68. The van der Waals surface area contributed by atoms with Crippen molar-refractivity contribution in [3.63, 3.8) is 0 Å². The Morgan fingerprint density at radius 1 is 1.00 bits per heavy atom. The quantitative estimate of drug-likeness (QED) is 0.596. The van der Waals surface area contributed by atoms with Crippen molar-refractivity contribution in [2.75, 3.05) is 0 Å². The van der Waals surface area contributed by atoms with Crippen LogP contribution in [0.3, 0.4) is 0 Å². The third kappa shape index (κ3) is 1.28. The molecule has 1 nitrogen and oxygen atoms in total. The van der Waals surface area contributed by atoms with E-state index in [0.717, 1.165) is 5.92 Å². The van der Waals surface area contributed by atoms with Gasteiger partial charge in [0.2, 0.25) is 0 Å². The molecule has 1 fully saturated rings. The third-order valence-electron chi connectivity index (χ3n) is 5.36. The van der Waals surface area contributed by atoms with E-state index in [2.05, 4.69) is 59.6 Å². The molecule has 3 aromatic rings. The molecule has 0 spiro atoms. The summed E-state index contributed by atoms with van der Waals surface area (Å²) in [6.45, 7) is 0. The molecular weight excluding hydrogens is 242 g/mol. The van der Waals surface area contributed by atoms with Crippen molar-refractivity contribution in [1.82, 2.24) is 4.98 Å². The fourth-order valence-corrected chi connectivity index (χ4v) is 4.27. The second kappa shape index (κ2) is 3.54. The van der Waals surface area contributed by atoms with Crippen LogP contribution >= 0.6 is 0 Å². The van der Waals surface area contributed by atoms with E-state index in [1.165, 1.54) is 46.6 Å². The van der Waals surface area contributed by atoms with Crippen molar-refractivity contribution in [3.8, 4) is 0 Å². The second-order valence-electron chi connectivity index (χ2n) is 6.45. The van der Waals surface area contributed by atoms with E-state index in [1.807, 2.05) is 0 Å². The number of hydrogen-bond acceptors (Lipinski definition) is 0. The molecule has 2 aliphatic rings. The van der Waals surface area contributed by atoms with Crippen molar-refractivity contribution in [2.24, 2.45) is 5.92 Å². The Morgan fingerprint density at radius 2 is 1.90 bits per heavy atom. The second-order valence-corrected chi connectivity index (χ2v) is 6.45. The number of nitrogens with one attached hydrogen (secondary N) is 1. The van der Waals surface area contributed by atoms with Gasteiger partial charge < -0.3 is 4.98 Å². The summed E-state index contributed by atoms with van der Waals surface area (Å²) in [6, 6.07) is 15.6. The van der Waals surface area contributed by atoms with Crippen molar-refractivity contribution >= 4 is 21.8 Å². The maximum atomic E-state index is 3.57. The first-order chi connectivity index (χ1) is 9.84. The highest BCUT2D eigenvalue weighted by molar-refractivity contribution is 6.07. The zero-order valence-electron chi connectivity index (χ0n) is 11.4. The predicted octanol–water partition coefficient (Wildman–Crippen LogP) is 4.93. The maximum absolute atomic E-state index is 3.57. The average molecular weight is 259 g/mol. The van der Waals surface area contributed by atoms with Gasteiger partial charge in [0, 0.05) is 27.2 Å². The van der Waals surface area contributed by atoms with Crippen LogP contribution in [0.5, 0.6) is 0 Å². The summed E-state index contributed by atoms with van der Waals surface area (Å²) in [5.41, 5.74) is 4.34. The normalized spacial score (nSPS) is 27.9. The Hall–Kier alpha value is -2.02. The molecular formula is C19H17N. The summed E-state index contributed by atoms with van der Waals surface area (Å²) in [5.74, 6) is 0.827. The third-order valence-corrected chi connectivity index (χ3v) is 5.36. The first kappa shape index (κ1) is 10.7. The van der Waals surface area contributed by atoms with Crippen LogP contribution in [0, 0.1) is 5.92 Å². The molecule has 0 radical (unpaired) electrons. The van der Waals surface area contributed by atoms with Crippen LogP contribution in [-0.4, -0.2) is 4.98 Å². The molecule has 2 atom stereocenters. The van der Waals surface area contributed by atoms with Gasteiger partial charge in [-0.25, -0.2) is 0 Å². The molecule has 20 heavy (non-hydrogen) atoms. The molecule has 0 saturated heterocycles. The number of allylic oxidation sites excluding steroid dienone is 2. The standard InChI is InChI=1S/C19H17N/c1-2-4-17-15(3-1)16-6-5-14(11-18(16)20-17)19-9-7-13(12-19)8-10-19/h1-7,9,11,13,20H,8,10,12H2. The molecule has 0 amide bonds. The Morgan fingerprint density at radius 3 is 2.70 bits per heavy atom. The van der Waals surface area contributed by atoms with Crippen molar-refractivity contribution in [3.05, 3.63) is 60.2 Å². The summed E-state index contributed by atoms with van der Waals surface area (Å²) < 4.78 is 0. The van der Waals surface area contributed by atoms with Crippen LogP contribution < -0.4 is 0 Å². The number of benzene rings is 2. The number of para-hydroxylation sites is 1. The Bertz CT molecular complexity index is 854. The highest BCUT2D eigenvalue weighted by atomic mass is 14.7. The first-order valence-electron chi connectivity index (χ1n) is 7.54. The molecule has 1 N–H and O–H groups in total. The number of H-pyrrole nitrogens is 1. The van der Waals surface area contributed by atoms with E-state index < -0.39 is 0 Å². The molecule has 1 aromatic heterocycles. The van der Waals surface area contributed by atoms with Crippen LogP contribution in [-0.2, 0) is 5.41 Å². The Kier molecular flexibility index (Phi) is 1.90. The lowest BCUT2D eigenvalue weighted by Crippen LogP contribution is -2.16. The van der Waals surface area contributed by atoms with Crippen LogP contribution in [0.15, 0.2) is 54.6 Å². The van der Waals surface area contributed by atoms with Crippen LogP contribution in [0.4, 0.5) is 0 Å². The van der Waals surface area contributed by atoms with Gasteiger partial charge >= 0.3 is 0 Å². The molecule has 98 valence electrons. The predicted molar refractivity (Wildman–Crippen MR) is 84.0 cm³/mol. The molecule has 2 unspecified atom stereocenters. The zero-order chi connectivity index (χ0) is 13.2. The van der Waals surface area contributed by atoms with E-state index in [-0.39, 0.29) is 0 Å². The van der Waals surface area contributed by atoms with Gasteiger partial charge in [-0.2, -0.15) is 0 Å². The van der Waals surface area contributed by atoms with E-state index in [4.69, 9.17) is 0 Å². The summed E-state index contributed by atoms with van der Waals surface area (Å²) in [7, 11) is 0. The van der Waals surface area contributed by atoms with E-state index in [1.54, 1.807) is 0 Å². The summed E-state index contributed by atoms with van der Waals surface area (Å²) in [6.07, 6.45) is 8.89. The molecule has 0 aliphatic heterocycles. The lowest BCUT2D eigenvalue weighted by Gasteiger charge is -2.24. The molecule has 2 bridgehead atoms. The number of rotatable bonds is 1. The Labute approximate surface area is 118 Å². The van der Waals surface area contributed by atoms with Crippen molar-refractivity contribution in [1.29, 1.82) is 0 Å². The van der Waals surface area contributed by atoms with Crippen molar-refractivity contribution in [2.45, 2.75) is 24.7 Å². The zero-order valence-corrected chi connectivity index (χ0v) is 11.4. The highest BCUT2D eigenvalue weighted by Gasteiger charge is 2.41. The molecule has 5 rings (SSSR count). The van der Waals surface area contributed by atoms with Gasteiger partial charge in [0.05, 0.1) is 0 Å². The molecule has 2 aliphatic carbocycles. The minimum absolute atomic E-state index is 0.330. The lowest BCUT2D eigenvalue weighted by molar-refractivity contribution is 0.567. The van der Waals surface area contributed by atoms with E-state index >= 15 is 0 Å². The van der Waals surface area contributed by atoms with Gasteiger partial charge in [-0.3, -0.25) is 0 Å². The van der Waals surface area contributed by atoms with Gasteiger partial charge in [0.15, 0.2) is 0 Å². The number of aromatic nitrogens is 1. The largest absolute Gasteiger partial charge is 0.355 e. The van der Waals surface area contributed by atoms with Gasteiger partial charge in [-0.15, -0.1) is 0 Å². The Balaban J connectivity index is 1.75. The summed E-state index contributed by atoms with van der Waals surface area (Å²) in [4.78, 5) is 3.57. The number of fused-ring (bicyclic) bond motifs is 5. The molecule has 2 aromatic carbocycles. The van der Waals surface area contributed by atoms with E-state index in [0.29, 0.717) is 5.41 Å². The maximum Gasteiger partial charge on any atom is 0.0467 e. The molecule has 1 heteroatoms. The lowest BCUT2D eigenvalue weighted by atomic mass is 9.80. The first-order valence-corrected chi connectivity index (χ1v) is 7.54. The fraction of sp³-hybridized carbons (Fsp3) is 0.263. The van der Waals surface area contributed by atoms with Crippen LogP contribution in [0.1, 0.15) is 24.8 Å². The SMILES string of the molecule is C1=CC2(c3ccc4c(c3)[nH]c3ccccc34)CCC1C2. The summed E-state index contributed by atoms with van der Waals surface area (Å²) >= 11 is 0. The molecule has 1 heterocycles. The monoisotopic (exact) mass is 259 g/mol. The number of aromatic amines is 1. The topological polar surface area (TPSA) is 15.8 Å². The fourth-order valence-electron chi connectivity index (χ4n) is 4.27. The van der Waals surface area contributed by atoms with E-state index in [9.17, 15) is 0 Å². The highest BCUT2D eigenvalue weighted by Crippen LogP contribution is 2.51. The minimum atomic E-state index is 0.330. The van der Waals surface area contributed by atoms with Gasteiger partial charge in [-0.05, 0) is 42.9 Å². The molecule has 1 saturated carbocycles. The van der Waals surface area contributed by atoms with Crippen LogP contribution in [0.2, 0.25) is 0 Å². The number of hydrogen-bond donors (Lipinski definition) is 1. The van der Waals surface area contributed by atoms with Gasteiger partial charge in [-0.1, -0.05) is 42.5 Å². The minimum Gasteiger partial charge on any atom is -0.355 e. The van der Waals surface area contributed by atoms with Gasteiger partial charge in [0.1, 0.15) is 0 Å². The average Bonchev–Trinajstić information content (AvgIpc) is 3.19. The smallest absolute Gasteiger partial charge is 0.0467 e. The van der Waals surface area contributed by atoms with Crippen molar-refractivity contribution < 1.29 is 0 Å².